The number of nitrogens with zero attached hydrogens (tertiary/aromatic N) is 1. The molecule has 0 bridgehead atoms. The fraction of sp³-hybridized carbons (Fsp3) is 0.417. The highest BCUT2D eigenvalue weighted by atomic mass is 79.9. The lowest BCUT2D eigenvalue weighted by Crippen LogP contribution is -2.22. The van der Waals surface area contributed by atoms with E-state index in [4.69, 9.17) is 20.4 Å². The van der Waals surface area contributed by atoms with Crippen molar-refractivity contribution in [3.63, 3.8) is 0 Å². The Kier molecular flexibility index (Phi) is 5.94. The molecule has 1 unspecified atom stereocenters. The average molecular weight is 317 g/mol. The van der Waals surface area contributed by atoms with E-state index in [2.05, 4.69) is 21.1 Å². The molecule has 1 rings (SSSR count). The molecule has 0 aliphatic heterocycles. The van der Waals surface area contributed by atoms with Gasteiger partial charge in [0.1, 0.15) is 11.9 Å². The van der Waals surface area contributed by atoms with E-state index in [1.165, 1.54) is 0 Å². The molecule has 0 fully saturated rings. The van der Waals surface area contributed by atoms with E-state index in [9.17, 15) is 0 Å². The van der Waals surface area contributed by atoms with Crippen LogP contribution in [0.15, 0.2) is 27.8 Å². The van der Waals surface area contributed by atoms with Gasteiger partial charge >= 0.3 is 0 Å². The van der Waals surface area contributed by atoms with Crippen LogP contribution in [0.25, 0.3) is 0 Å². The van der Waals surface area contributed by atoms with Crippen LogP contribution in [0, 0.1) is 0 Å². The summed E-state index contributed by atoms with van der Waals surface area (Å²) in [5.74, 6) is 0.563. The van der Waals surface area contributed by atoms with Crippen LogP contribution >= 0.6 is 15.9 Å². The van der Waals surface area contributed by atoms with Crippen molar-refractivity contribution in [1.29, 1.82) is 0 Å². The van der Waals surface area contributed by atoms with Crippen LogP contribution in [-0.4, -0.2) is 30.4 Å². The highest BCUT2D eigenvalue weighted by Gasteiger charge is 2.12. The lowest BCUT2D eigenvalue weighted by Gasteiger charge is -2.17. The number of hydrogen-bond acceptors (Lipinski definition) is 4. The zero-order chi connectivity index (χ0) is 13.5. The Morgan fingerprint density at radius 3 is 2.89 bits per heavy atom. The molecule has 5 nitrogen and oxygen atoms in total. The fourth-order valence-electron chi connectivity index (χ4n) is 1.39. The molecule has 0 aliphatic rings. The van der Waals surface area contributed by atoms with Crippen molar-refractivity contribution in [3.8, 4) is 5.75 Å². The smallest absolute Gasteiger partial charge is 0.173 e. The number of halogens is 1. The van der Waals surface area contributed by atoms with Gasteiger partial charge in [0.2, 0.25) is 0 Å². The van der Waals surface area contributed by atoms with Crippen molar-refractivity contribution in [2.75, 3.05) is 13.2 Å². The molecule has 18 heavy (non-hydrogen) atoms. The Morgan fingerprint density at radius 2 is 2.28 bits per heavy atom. The summed E-state index contributed by atoms with van der Waals surface area (Å²) in [5, 5.41) is 11.7. The van der Waals surface area contributed by atoms with Crippen LogP contribution in [0.4, 0.5) is 0 Å². The Labute approximate surface area is 115 Å². The van der Waals surface area contributed by atoms with Crippen LogP contribution in [0.3, 0.4) is 0 Å². The summed E-state index contributed by atoms with van der Waals surface area (Å²) in [5.41, 5.74) is 6.14. The number of rotatable bonds is 6. The Bertz CT molecular complexity index is 424. The van der Waals surface area contributed by atoms with Gasteiger partial charge in [0.25, 0.3) is 0 Å². The van der Waals surface area contributed by atoms with Crippen LogP contribution in [-0.2, 0) is 4.74 Å². The van der Waals surface area contributed by atoms with Crippen molar-refractivity contribution in [2.45, 2.75) is 20.0 Å². The number of benzene rings is 1. The zero-order valence-corrected chi connectivity index (χ0v) is 12.0. The normalized spacial score (nSPS) is 13.4. The third-order valence-corrected chi connectivity index (χ3v) is 2.71. The molecule has 0 aliphatic carbocycles. The highest BCUT2D eigenvalue weighted by molar-refractivity contribution is 9.10. The van der Waals surface area contributed by atoms with E-state index in [0.29, 0.717) is 24.5 Å². The third kappa shape index (κ3) is 4.19. The number of hydrogen-bond donors (Lipinski definition) is 2. The topological polar surface area (TPSA) is 77.1 Å². The summed E-state index contributed by atoms with van der Waals surface area (Å²) >= 11 is 3.36. The van der Waals surface area contributed by atoms with Crippen LogP contribution < -0.4 is 10.5 Å². The summed E-state index contributed by atoms with van der Waals surface area (Å²) in [6.45, 7) is 4.94. The molecular weight excluding hydrogens is 300 g/mol. The van der Waals surface area contributed by atoms with Gasteiger partial charge in [-0.25, -0.2) is 0 Å². The van der Waals surface area contributed by atoms with Gasteiger partial charge in [-0.15, -0.1) is 0 Å². The van der Waals surface area contributed by atoms with Gasteiger partial charge in [-0.1, -0.05) is 21.1 Å². The SMILES string of the molecule is CCOCC(C)Oc1cc(Br)ccc1/C(N)=N/O. The fourth-order valence-corrected chi connectivity index (χ4v) is 1.73. The zero-order valence-electron chi connectivity index (χ0n) is 10.4. The second-order valence-corrected chi connectivity index (χ2v) is 4.63. The first-order valence-corrected chi connectivity index (χ1v) is 6.39. The molecule has 3 N–H and O–H groups in total. The van der Waals surface area contributed by atoms with Gasteiger partial charge in [-0.3, -0.25) is 0 Å². The first-order valence-electron chi connectivity index (χ1n) is 5.60. The van der Waals surface area contributed by atoms with Gasteiger partial charge in [-0.2, -0.15) is 0 Å². The van der Waals surface area contributed by atoms with Crippen LogP contribution in [0.5, 0.6) is 5.75 Å². The standard InChI is InChI=1S/C12H17BrN2O3/c1-3-17-7-8(2)18-11-6-9(13)4-5-10(11)12(14)15-16/h4-6,8,16H,3,7H2,1-2H3,(H2,14,15). The predicted octanol–water partition coefficient (Wildman–Crippen LogP) is 2.35. The molecule has 0 saturated carbocycles. The molecule has 0 spiro atoms. The van der Waals surface area contributed by atoms with Gasteiger partial charge < -0.3 is 20.4 Å². The Morgan fingerprint density at radius 1 is 1.56 bits per heavy atom. The predicted molar refractivity (Wildman–Crippen MR) is 73.2 cm³/mol. The maximum Gasteiger partial charge on any atom is 0.173 e. The first kappa shape index (κ1) is 14.8. The van der Waals surface area contributed by atoms with E-state index in [-0.39, 0.29) is 11.9 Å². The third-order valence-electron chi connectivity index (χ3n) is 2.21. The van der Waals surface area contributed by atoms with Gasteiger partial charge in [0.15, 0.2) is 5.84 Å². The highest BCUT2D eigenvalue weighted by Crippen LogP contribution is 2.24. The molecular formula is C12H17BrN2O3. The largest absolute Gasteiger partial charge is 0.488 e. The summed E-state index contributed by atoms with van der Waals surface area (Å²) in [7, 11) is 0. The molecule has 0 radical (unpaired) electrons. The summed E-state index contributed by atoms with van der Waals surface area (Å²) in [4.78, 5) is 0. The molecule has 100 valence electrons. The monoisotopic (exact) mass is 316 g/mol. The molecule has 0 saturated heterocycles. The maximum atomic E-state index is 8.73. The van der Waals surface area contributed by atoms with Crippen molar-refractivity contribution in [3.05, 3.63) is 28.2 Å². The number of oxime groups is 1. The van der Waals surface area contributed by atoms with Crippen molar-refractivity contribution >= 4 is 21.8 Å². The molecule has 0 amide bonds. The van der Waals surface area contributed by atoms with Crippen molar-refractivity contribution in [2.24, 2.45) is 10.9 Å². The number of ether oxygens (including phenoxy) is 2. The van der Waals surface area contributed by atoms with Crippen molar-refractivity contribution in [1.82, 2.24) is 0 Å². The number of amidine groups is 1. The quantitative estimate of drug-likeness (QED) is 0.365. The molecule has 6 heteroatoms. The van der Waals surface area contributed by atoms with Crippen LogP contribution in [0.2, 0.25) is 0 Å². The first-order chi connectivity index (χ1) is 8.58. The van der Waals surface area contributed by atoms with E-state index in [0.717, 1.165) is 4.47 Å². The lowest BCUT2D eigenvalue weighted by atomic mass is 10.2. The molecule has 0 aromatic heterocycles. The Hall–Kier alpha value is -1.27. The minimum atomic E-state index is -0.121. The summed E-state index contributed by atoms with van der Waals surface area (Å²) in [6.07, 6.45) is -0.121. The molecule has 1 aromatic carbocycles. The summed E-state index contributed by atoms with van der Waals surface area (Å²) < 4.78 is 11.9. The van der Waals surface area contributed by atoms with Crippen LogP contribution in [0.1, 0.15) is 19.4 Å². The minimum absolute atomic E-state index is 0.0149. The van der Waals surface area contributed by atoms with Gasteiger partial charge in [0, 0.05) is 11.1 Å². The van der Waals surface area contributed by atoms with E-state index in [1.54, 1.807) is 18.2 Å². The maximum absolute atomic E-state index is 8.73. The second kappa shape index (κ2) is 7.23. The number of nitrogens with two attached hydrogens (primary N) is 1. The van der Waals surface area contributed by atoms with E-state index >= 15 is 0 Å². The van der Waals surface area contributed by atoms with Gasteiger partial charge in [-0.05, 0) is 32.0 Å². The van der Waals surface area contributed by atoms with Gasteiger partial charge in [0.05, 0.1) is 12.2 Å². The molecule has 1 aromatic rings. The molecule has 0 heterocycles. The second-order valence-electron chi connectivity index (χ2n) is 3.71. The summed E-state index contributed by atoms with van der Waals surface area (Å²) in [6, 6.07) is 5.30. The van der Waals surface area contributed by atoms with E-state index in [1.807, 2.05) is 13.8 Å². The van der Waals surface area contributed by atoms with Crippen molar-refractivity contribution < 1.29 is 14.7 Å². The lowest BCUT2D eigenvalue weighted by molar-refractivity contribution is 0.0656. The molecule has 1 atom stereocenters. The minimum Gasteiger partial charge on any atom is -0.488 e. The average Bonchev–Trinajstić information content (AvgIpc) is 2.35. The van der Waals surface area contributed by atoms with E-state index < -0.39 is 0 Å². The Balaban J connectivity index is 2.88.